The summed E-state index contributed by atoms with van der Waals surface area (Å²) in [5.74, 6) is -0.990. The van der Waals surface area contributed by atoms with Crippen LogP contribution < -0.4 is 0 Å². The zero-order valence-electron chi connectivity index (χ0n) is 6.37. The Morgan fingerprint density at radius 1 is 1.73 bits per heavy atom. The molecule has 1 fully saturated rings. The summed E-state index contributed by atoms with van der Waals surface area (Å²) in [5, 5.41) is 0. The van der Waals surface area contributed by atoms with Crippen LogP contribution in [0.4, 0.5) is 0 Å². The molecule has 0 aromatic carbocycles. The largest absolute Gasteiger partial charge is 0.426 e. The van der Waals surface area contributed by atoms with E-state index in [4.69, 9.17) is 9.47 Å². The zero-order chi connectivity index (χ0) is 7.90. The summed E-state index contributed by atoms with van der Waals surface area (Å²) in [5.41, 5.74) is 0. The minimum atomic E-state index is -0.698. The van der Waals surface area contributed by atoms with Gasteiger partial charge in [-0.3, -0.25) is 0 Å². The highest BCUT2D eigenvalue weighted by atomic mass is 16.7. The molecule has 2 aliphatic rings. The van der Waals surface area contributed by atoms with E-state index in [2.05, 4.69) is 0 Å². The topological polar surface area (TPSA) is 35.5 Å². The van der Waals surface area contributed by atoms with Crippen molar-refractivity contribution in [2.75, 3.05) is 0 Å². The Balaban J connectivity index is 2.14. The molecule has 0 saturated carbocycles. The highest BCUT2D eigenvalue weighted by Gasteiger charge is 2.42. The van der Waals surface area contributed by atoms with E-state index in [1.54, 1.807) is 6.08 Å². The second-order valence-corrected chi connectivity index (χ2v) is 3.03. The number of rotatable bonds is 0. The predicted molar refractivity (Wildman–Crippen MR) is 37.7 cm³/mol. The van der Waals surface area contributed by atoms with Crippen molar-refractivity contribution in [1.29, 1.82) is 0 Å². The molecule has 2 rings (SSSR count). The fourth-order valence-electron chi connectivity index (χ4n) is 1.49. The molecule has 1 saturated heterocycles. The van der Waals surface area contributed by atoms with Crippen LogP contribution in [-0.2, 0) is 14.3 Å². The van der Waals surface area contributed by atoms with Crippen LogP contribution in [0.1, 0.15) is 19.8 Å². The van der Waals surface area contributed by atoms with Gasteiger partial charge in [0.25, 0.3) is 0 Å². The van der Waals surface area contributed by atoms with Crippen LogP contribution in [0.3, 0.4) is 0 Å². The minimum absolute atomic E-state index is 0.200. The van der Waals surface area contributed by atoms with Crippen molar-refractivity contribution in [2.24, 2.45) is 0 Å². The normalized spacial score (nSPS) is 41.9. The Labute approximate surface area is 65.0 Å². The van der Waals surface area contributed by atoms with E-state index in [1.807, 2.05) is 6.92 Å². The molecule has 0 aliphatic carbocycles. The number of hydrogen-bond acceptors (Lipinski definition) is 3. The summed E-state index contributed by atoms with van der Waals surface area (Å²) in [6.07, 6.45) is 5.08. The number of esters is 1. The first-order valence-corrected chi connectivity index (χ1v) is 3.80. The monoisotopic (exact) mass is 154 g/mol. The molecule has 60 valence electrons. The van der Waals surface area contributed by atoms with Crippen molar-refractivity contribution in [2.45, 2.75) is 31.7 Å². The molecule has 3 heteroatoms. The van der Waals surface area contributed by atoms with Crippen LogP contribution >= 0.6 is 0 Å². The first-order valence-electron chi connectivity index (χ1n) is 3.80. The highest BCUT2D eigenvalue weighted by Crippen LogP contribution is 2.35. The van der Waals surface area contributed by atoms with Gasteiger partial charge >= 0.3 is 5.97 Å². The van der Waals surface area contributed by atoms with Crippen molar-refractivity contribution < 1.29 is 14.3 Å². The van der Waals surface area contributed by atoms with Gasteiger partial charge in [-0.05, 0) is 19.4 Å². The predicted octanol–water partition coefficient (Wildman–Crippen LogP) is 0.995. The smallest absolute Gasteiger partial charge is 0.333 e. The van der Waals surface area contributed by atoms with E-state index in [1.165, 1.54) is 6.08 Å². The van der Waals surface area contributed by atoms with Crippen molar-refractivity contribution in [3.63, 3.8) is 0 Å². The third-order valence-electron chi connectivity index (χ3n) is 2.05. The van der Waals surface area contributed by atoms with Gasteiger partial charge in [0.15, 0.2) is 0 Å². The summed E-state index contributed by atoms with van der Waals surface area (Å²) in [6.45, 7) is 1.98. The molecule has 0 aromatic rings. The van der Waals surface area contributed by atoms with Gasteiger partial charge < -0.3 is 9.47 Å². The lowest BCUT2D eigenvalue weighted by Crippen LogP contribution is -2.27. The quantitative estimate of drug-likeness (QED) is 0.488. The Morgan fingerprint density at radius 2 is 2.55 bits per heavy atom. The average molecular weight is 154 g/mol. The number of carbonyl (C=O) groups excluding carboxylic acids is 1. The first-order chi connectivity index (χ1) is 5.20. The molecule has 11 heavy (non-hydrogen) atoms. The van der Waals surface area contributed by atoms with Crippen molar-refractivity contribution in [1.82, 2.24) is 0 Å². The van der Waals surface area contributed by atoms with Crippen LogP contribution in [0.2, 0.25) is 0 Å². The summed E-state index contributed by atoms with van der Waals surface area (Å²) >= 11 is 0. The molecule has 0 amide bonds. The summed E-state index contributed by atoms with van der Waals surface area (Å²) in [7, 11) is 0. The molecule has 0 N–H and O–H groups in total. The fraction of sp³-hybridized carbons (Fsp3) is 0.625. The van der Waals surface area contributed by atoms with E-state index in [0.29, 0.717) is 0 Å². The molecular weight excluding hydrogens is 144 g/mol. The number of carbonyl (C=O) groups is 1. The van der Waals surface area contributed by atoms with Gasteiger partial charge in [0.1, 0.15) is 0 Å². The Hall–Kier alpha value is -0.830. The van der Waals surface area contributed by atoms with E-state index in [9.17, 15) is 4.79 Å². The van der Waals surface area contributed by atoms with Gasteiger partial charge in [0.05, 0.1) is 6.10 Å². The molecule has 2 aliphatic heterocycles. The SMILES string of the molecule is CC1CCC2(C=CC(=O)O2)O1. The lowest BCUT2D eigenvalue weighted by Gasteiger charge is -2.19. The van der Waals surface area contributed by atoms with Gasteiger partial charge in [-0.2, -0.15) is 0 Å². The summed E-state index contributed by atoms with van der Waals surface area (Å²) in [6, 6.07) is 0. The second-order valence-electron chi connectivity index (χ2n) is 3.03. The van der Waals surface area contributed by atoms with E-state index >= 15 is 0 Å². The van der Waals surface area contributed by atoms with Gasteiger partial charge in [-0.1, -0.05) is 0 Å². The maximum atomic E-state index is 10.7. The molecule has 3 nitrogen and oxygen atoms in total. The molecular formula is C8H10O3. The molecule has 1 spiro atoms. The van der Waals surface area contributed by atoms with Crippen molar-refractivity contribution in [3.05, 3.63) is 12.2 Å². The van der Waals surface area contributed by atoms with Gasteiger partial charge in [0.2, 0.25) is 5.79 Å². The molecule has 2 unspecified atom stereocenters. The Kier molecular flexibility index (Phi) is 1.29. The number of hydrogen-bond donors (Lipinski definition) is 0. The summed E-state index contributed by atoms with van der Waals surface area (Å²) < 4.78 is 10.5. The van der Waals surface area contributed by atoms with Crippen LogP contribution in [0, 0.1) is 0 Å². The maximum Gasteiger partial charge on any atom is 0.333 e. The number of ether oxygens (including phenoxy) is 2. The Bertz CT molecular complexity index is 221. The van der Waals surface area contributed by atoms with Gasteiger partial charge in [-0.25, -0.2) is 4.79 Å². The van der Waals surface area contributed by atoms with Crippen LogP contribution in [-0.4, -0.2) is 17.9 Å². The van der Waals surface area contributed by atoms with E-state index < -0.39 is 5.79 Å². The highest BCUT2D eigenvalue weighted by molar-refractivity contribution is 5.84. The fourth-order valence-corrected chi connectivity index (χ4v) is 1.49. The molecule has 0 radical (unpaired) electrons. The van der Waals surface area contributed by atoms with E-state index in [-0.39, 0.29) is 12.1 Å². The third kappa shape index (κ3) is 1.05. The molecule has 0 aromatic heterocycles. The minimum Gasteiger partial charge on any atom is -0.426 e. The van der Waals surface area contributed by atoms with Crippen LogP contribution in [0.15, 0.2) is 12.2 Å². The average Bonchev–Trinajstić information content (AvgIpc) is 2.44. The van der Waals surface area contributed by atoms with Crippen LogP contribution in [0.5, 0.6) is 0 Å². The standard InChI is InChI=1S/C8H10O3/c1-6-2-4-8(10-6)5-3-7(9)11-8/h3,5-6H,2,4H2,1H3. The zero-order valence-corrected chi connectivity index (χ0v) is 6.37. The summed E-state index contributed by atoms with van der Waals surface area (Å²) in [4.78, 5) is 10.7. The van der Waals surface area contributed by atoms with Gasteiger partial charge in [-0.15, -0.1) is 0 Å². The maximum absolute atomic E-state index is 10.7. The van der Waals surface area contributed by atoms with Crippen molar-refractivity contribution in [3.8, 4) is 0 Å². The van der Waals surface area contributed by atoms with E-state index in [0.717, 1.165) is 12.8 Å². The molecule has 2 atom stereocenters. The van der Waals surface area contributed by atoms with Gasteiger partial charge in [0, 0.05) is 12.5 Å². The third-order valence-corrected chi connectivity index (χ3v) is 2.05. The Morgan fingerprint density at radius 3 is 3.00 bits per heavy atom. The molecule has 2 heterocycles. The van der Waals surface area contributed by atoms with Crippen molar-refractivity contribution >= 4 is 5.97 Å². The first kappa shape index (κ1) is 6.85. The lowest BCUT2D eigenvalue weighted by molar-refractivity contribution is -0.189. The second kappa shape index (κ2) is 2.08. The molecule has 0 bridgehead atoms. The lowest BCUT2D eigenvalue weighted by atomic mass is 10.1. The van der Waals surface area contributed by atoms with Crippen LogP contribution in [0.25, 0.3) is 0 Å².